The number of halogens is 1. The molecule has 1 nitrogen and oxygen atoms in total. The summed E-state index contributed by atoms with van der Waals surface area (Å²) < 4.78 is 0. The Kier molecular flexibility index (Phi) is 4.46. The minimum absolute atomic E-state index is 0.649. The Labute approximate surface area is 37.3 Å². The molecule has 0 aromatic rings. The molecule has 0 N–H and O–H groups in total. The van der Waals surface area contributed by atoms with E-state index in [1.54, 1.807) is 7.05 Å². The standard InChI is InChI=1S/C3H7ClN/c1-5-3-2-4/h2-3H2,1H3. The zero-order valence-corrected chi connectivity index (χ0v) is 4.00. The highest BCUT2D eigenvalue weighted by atomic mass is 35.5. The Balaban J connectivity index is 2.19. The molecule has 0 saturated carbocycles. The summed E-state index contributed by atoms with van der Waals surface area (Å²) in [6, 6.07) is 0. The minimum Gasteiger partial charge on any atom is -0.244 e. The van der Waals surface area contributed by atoms with Crippen molar-refractivity contribution in [1.82, 2.24) is 5.32 Å². The van der Waals surface area contributed by atoms with Gasteiger partial charge in [0, 0.05) is 19.5 Å². The molecule has 0 rings (SSSR count). The molecule has 0 aliphatic rings. The van der Waals surface area contributed by atoms with Crippen LogP contribution in [0.4, 0.5) is 0 Å². The van der Waals surface area contributed by atoms with Crippen LogP contribution in [0.2, 0.25) is 0 Å². The van der Waals surface area contributed by atoms with E-state index >= 15 is 0 Å². The molecule has 1 radical (unpaired) electrons. The van der Waals surface area contributed by atoms with Crippen LogP contribution in [-0.2, 0) is 0 Å². The quantitative estimate of drug-likeness (QED) is 0.440. The molecule has 0 aliphatic heterocycles. The predicted molar refractivity (Wildman–Crippen MR) is 23.6 cm³/mol. The van der Waals surface area contributed by atoms with Crippen molar-refractivity contribution >= 4 is 11.6 Å². The third-order valence-electron chi connectivity index (χ3n) is 0.308. The van der Waals surface area contributed by atoms with Crippen LogP contribution >= 0.6 is 11.6 Å². The van der Waals surface area contributed by atoms with Crippen LogP contribution in [0, 0.1) is 0 Å². The Bertz CT molecular complexity index is 14.4. The Morgan fingerprint density at radius 3 is 2.40 bits per heavy atom. The van der Waals surface area contributed by atoms with Crippen molar-refractivity contribution < 1.29 is 0 Å². The minimum atomic E-state index is 0.649. The lowest BCUT2D eigenvalue weighted by molar-refractivity contribution is 0.850. The maximum Gasteiger partial charge on any atom is 0.0365 e. The first-order valence-electron chi connectivity index (χ1n) is 1.53. The molecule has 0 aliphatic carbocycles. The summed E-state index contributed by atoms with van der Waals surface area (Å²) in [5, 5.41) is 3.72. The first kappa shape index (κ1) is 5.25. The van der Waals surface area contributed by atoms with E-state index in [0.717, 1.165) is 6.54 Å². The van der Waals surface area contributed by atoms with E-state index in [1.807, 2.05) is 0 Å². The van der Waals surface area contributed by atoms with Gasteiger partial charge >= 0.3 is 0 Å². The maximum atomic E-state index is 5.21. The summed E-state index contributed by atoms with van der Waals surface area (Å²) in [5.74, 6) is 0.649. The largest absolute Gasteiger partial charge is 0.244 e. The molecule has 2 heteroatoms. The molecule has 0 amide bonds. The monoisotopic (exact) mass is 92.0 g/mol. The maximum absolute atomic E-state index is 5.21. The van der Waals surface area contributed by atoms with Crippen LogP contribution in [0.5, 0.6) is 0 Å². The highest BCUT2D eigenvalue weighted by molar-refractivity contribution is 6.18. The molecule has 0 spiro atoms. The van der Waals surface area contributed by atoms with Gasteiger partial charge in [-0.2, -0.15) is 0 Å². The van der Waals surface area contributed by atoms with Gasteiger partial charge in [-0.15, -0.1) is 11.6 Å². The van der Waals surface area contributed by atoms with Crippen molar-refractivity contribution in [3.8, 4) is 0 Å². The third kappa shape index (κ3) is 4.25. The highest BCUT2D eigenvalue weighted by Gasteiger charge is 1.69. The van der Waals surface area contributed by atoms with Crippen LogP contribution in [0.15, 0.2) is 0 Å². The number of alkyl halides is 1. The second-order valence-electron chi connectivity index (χ2n) is 0.729. The van der Waals surface area contributed by atoms with Gasteiger partial charge in [-0.25, -0.2) is 5.32 Å². The molecule has 5 heavy (non-hydrogen) atoms. The molecule has 0 aromatic heterocycles. The second kappa shape index (κ2) is 4.25. The van der Waals surface area contributed by atoms with Crippen LogP contribution < -0.4 is 5.32 Å². The van der Waals surface area contributed by atoms with Crippen LogP contribution in [0.1, 0.15) is 0 Å². The molecular formula is C3H7ClN. The Hall–Kier alpha value is 0.250. The van der Waals surface area contributed by atoms with E-state index in [4.69, 9.17) is 11.6 Å². The van der Waals surface area contributed by atoms with Crippen molar-refractivity contribution in [1.29, 1.82) is 0 Å². The summed E-state index contributed by atoms with van der Waals surface area (Å²) in [4.78, 5) is 0. The Morgan fingerprint density at radius 2 is 2.40 bits per heavy atom. The molecule has 0 unspecified atom stereocenters. The van der Waals surface area contributed by atoms with Gasteiger partial charge in [-0.3, -0.25) is 0 Å². The first-order chi connectivity index (χ1) is 2.41. The zero-order chi connectivity index (χ0) is 4.12. The number of nitrogens with zero attached hydrogens (tertiary/aromatic N) is 1. The number of rotatable bonds is 2. The van der Waals surface area contributed by atoms with Crippen molar-refractivity contribution in [3.05, 3.63) is 0 Å². The van der Waals surface area contributed by atoms with Crippen LogP contribution in [0.3, 0.4) is 0 Å². The van der Waals surface area contributed by atoms with Gasteiger partial charge in [0.15, 0.2) is 0 Å². The molecule has 0 bridgehead atoms. The van der Waals surface area contributed by atoms with Gasteiger partial charge in [-0.1, -0.05) is 0 Å². The summed E-state index contributed by atoms with van der Waals surface area (Å²) in [5.41, 5.74) is 0. The molecular weight excluding hydrogens is 85.5 g/mol. The van der Waals surface area contributed by atoms with Crippen LogP contribution in [-0.4, -0.2) is 19.5 Å². The Morgan fingerprint density at radius 1 is 1.80 bits per heavy atom. The third-order valence-corrected chi connectivity index (χ3v) is 0.477. The van der Waals surface area contributed by atoms with Crippen molar-refractivity contribution in [2.24, 2.45) is 0 Å². The van der Waals surface area contributed by atoms with Gasteiger partial charge in [0.2, 0.25) is 0 Å². The average molecular weight is 92.5 g/mol. The fourth-order valence-corrected chi connectivity index (χ4v) is 0.254. The van der Waals surface area contributed by atoms with Crippen molar-refractivity contribution in [2.75, 3.05) is 19.5 Å². The molecule has 0 heterocycles. The van der Waals surface area contributed by atoms with E-state index in [2.05, 4.69) is 5.32 Å². The molecule has 0 saturated heterocycles. The van der Waals surface area contributed by atoms with E-state index in [0.29, 0.717) is 5.88 Å². The van der Waals surface area contributed by atoms with Gasteiger partial charge in [0.25, 0.3) is 0 Å². The van der Waals surface area contributed by atoms with Crippen molar-refractivity contribution in [2.45, 2.75) is 0 Å². The van der Waals surface area contributed by atoms with E-state index in [-0.39, 0.29) is 0 Å². The van der Waals surface area contributed by atoms with E-state index in [1.165, 1.54) is 0 Å². The summed E-state index contributed by atoms with van der Waals surface area (Å²) in [7, 11) is 1.75. The van der Waals surface area contributed by atoms with Gasteiger partial charge in [-0.05, 0) is 0 Å². The molecule has 0 atom stereocenters. The second-order valence-corrected chi connectivity index (χ2v) is 1.11. The smallest absolute Gasteiger partial charge is 0.0365 e. The fraction of sp³-hybridized carbons (Fsp3) is 1.00. The number of hydrogen-bond acceptors (Lipinski definition) is 0. The summed E-state index contributed by atoms with van der Waals surface area (Å²) >= 11 is 5.21. The fourth-order valence-electron chi connectivity index (χ4n) is 0.0845. The zero-order valence-electron chi connectivity index (χ0n) is 3.24. The molecule has 0 aromatic carbocycles. The normalized spacial score (nSPS) is 8.40. The van der Waals surface area contributed by atoms with Gasteiger partial charge in [0.05, 0.1) is 0 Å². The van der Waals surface area contributed by atoms with Gasteiger partial charge in [0.1, 0.15) is 0 Å². The summed E-state index contributed by atoms with van der Waals surface area (Å²) in [6.07, 6.45) is 0. The molecule has 31 valence electrons. The number of hydrogen-bond donors (Lipinski definition) is 0. The predicted octanol–water partition coefficient (Wildman–Crippen LogP) is 0.459. The van der Waals surface area contributed by atoms with E-state index in [9.17, 15) is 0 Å². The topological polar surface area (TPSA) is 14.1 Å². The summed E-state index contributed by atoms with van der Waals surface area (Å²) in [6.45, 7) is 0.779. The van der Waals surface area contributed by atoms with E-state index < -0.39 is 0 Å². The van der Waals surface area contributed by atoms with Gasteiger partial charge < -0.3 is 0 Å². The molecule has 0 fully saturated rings. The lowest BCUT2D eigenvalue weighted by atomic mass is 10.8. The lowest BCUT2D eigenvalue weighted by Crippen LogP contribution is -1.98. The van der Waals surface area contributed by atoms with Crippen LogP contribution in [0.25, 0.3) is 0 Å². The average Bonchev–Trinajstić information content (AvgIpc) is 1.41. The lowest BCUT2D eigenvalue weighted by Gasteiger charge is -1.79. The highest BCUT2D eigenvalue weighted by Crippen LogP contribution is 1.65. The van der Waals surface area contributed by atoms with Crippen molar-refractivity contribution in [3.63, 3.8) is 0 Å². The first-order valence-corrected chi connectivity index (χ1v) is 2.07. The SMILES string of the molecule is C[N]CCCl.